The number of hydrogen-bond donors (Lipinski definition) is 1. The summed E-state index contributed by atoms with van der Waals surface area (Å²) in [6.45, 7) is 4.98. The fourth-order valence-corrected chi connectivity index (χ4v) is 4.61. The molecule has 0 aliphatic carbocycles. The van der Waals surface area contributed by atoms with Crippen LogP contribution in [0.25, 0.3) is 21.3 Å². The molecule has 0 amide bonds. The van der Waals surface area contributed by atoms with Crippen molar-refractivity contribution in [3.05, 3.63) is 72.1 Å². The standard InChI is InChI=1S/C23H21N3OS/c1-23(2)13-17-4-3-5-18(21(17)27-23)14-25-22-26-19-7-6-16(12-20(19)28-22)15-8-10-24-11-9-15/h3-12H,13-14H2,1-2H3,(H,25,26). The van der Waals surface area contributed by atoms with E-state index in [4.69, 9.17) is 9.72 Å². The molecule has 5 rings (SSSR count). The number of nitrogens with zero attached hydrogens (tertiary/aromatic N) is 2. The van der Waals surface area contributed by atoms with Crippen molar-refractivity contribution < 1.29 is 4.74 Å². The van der Waals surface area contributed by atoms with Crippen molar-refractivity contribution in [2.45, 2.75) is 32.4 Å². The van der Waals surface area contributed by atoms with Crippen molar-refractivity contribution in [1.82, 2.24) is 9.97 Å². The number of pyridine rings is 1. The summed E-state index contributed by atoms with van der Waals surface area (Å²) in [5, 5.41) is 4.41. The van der Waals surface area contributed by atoms with Crippen LogP contribution in [0.4, 0.5) is 5.13 Å². The zero-order valence-corrected chi connectivity index (χ0v) is 16.7. The second kappa shape index (κ2) is 6.60. The molecule has 0 radical (unpaired) electrons. The number of ether oxygens (including phenoxy) is 1. The molecule has 3 heterocycles. The first-order valence-electron chi connectivity index (χ1n) is 9.42. The Morgan fingerprint density at radius 2 is 1.93 bits per heavy atom. The smallest absolute Gasteiger partial charge is 0.184 e. The average molecular weight is 388 g/mol. The molecule has 4 aromatic rings. The Kier molecular flexibility index (Phi) is 4.05. The lowest BCUT2D eigenvalue weighted by Gasteiger charge is -2.18. The molecule has 0 spiro atoms. The molecule has 1 N–H and O–H groups in total. The lowest BCUT2D eigenvalue weighted by molar-refractivity contribution is 0.137. The van der Waals surface area contributed by atoms with Crippen LogP contribution in [0.5, 0.6) is 5.75 Å². The van der Waals surface area contributed by atoms with Gasteiger partial charge in [0.1, 0.15) is 11.4 Å². The zero-order valence-electron chi connectivity index (χ0n) is 15.9. The van der Waals surface area contributed by atoms with Gasteiger partial charge in [0.2, 0.25) is 0 Å². The fourth-order valence-electron chi connectivity index (χ4n) is 3.71. The summed E-state index contributed by atoms with van der Waals surface area (Å²) in [4.78, 5) is 8.83. The molecule has 4 nitrogen and oxygen atoms in total. The lowest BCUT2D eigenvalue weighted by atomic mass is 10.0. The van der Waals surface area contributed by atoms with E-state index in [-0.39, 0.29) is 5.60 Å². The van der Waals surface area contributed by atoms with Crippen molar-refractivity contribution in [3.63, 3.8) is 0 Å². The average Bonchev–Trinajstić information content (AvgIpc) is 3.25. The molecule has 1 aliphatic heterocycles. The summed E-state index contributed by atoms with van der Waals surface area (Å²) in [5.74, 6) is 1.03. The van der Waals surface area contributed by atoms with Gasteiger partial charge in [-0.05, 0) is 54.8 Å². The summed E-state index contributed by atoms with van der Waals surface area (Å²) in [6.07, 6.45) is 4.59. The topological polar surface area (TPSA) is 47.0 Å². The van der Waals surface area contributed by atoms with Gasteiger partial charge in [0.05, 0.1) is 10.2 Å². The Labute approximate surface area is 168 Å². The normalized spacial score (nSPS) is 14.6. The molecule has 0 fully saturated rings. The minimum atomic E-state index is -0.127. The maximum Gasteiger partial charge on any atom is 0.184 e. The van der Waals surface area contributed by atoms with E-state index in [0.29, 0.717) is 6.54 Å². The molecule has 2 aromatic heterocycles. The summed E-state index contributed by atoms with van der Waals surface area (Å²) in [6, 6.07) is 16.8. The number of thiazole rings is 1. The number of fused-ring (bicyclic) bond motifs is 2. The third-order valence-corrected chi connectivity index (χ3v) is 5.98. The highest BCUT2D eigenvalue weighted by Gasteiger charge is 2.31. The minimum Gasteiger partial charge on any atom is -0.487 e. The van der Waals surface area contributed by atoms with Gasteiger partial charge in [0.25, 0.3) is 0 Å². The van der Waals surface area contributed by atoms with Gasteiger partial charge in [-0.2, -0.15) is 0 Å². The lowest BCUT2D eigenvalue weighted by Crippen LogP contribution is -2.25. The maximum absolute atomic E-state index is 6.18. The molecule has 1 aliphatic rings. The van der Waals surface area contributed by atoms with Gasteiger partial charge in [0, 0.05) is 30.9 Å². The molecule has 0 saturated heterocycles. The van der Waals surface area contributed by atoms with Crippen molar-refractivity contribution in [2.75, 3.05) is 5.32 Å². The Bertz CT molecular complexity index is 1150. The van der Waals surface area contributed by atoms with E-state index in [9.17, 15) is 0 Å². The molecule has 5 heteroatoms. The predicted octanol–water partition coefficient (Wildman–Crippen LogP) is 5.68. The van der Waals surface area contributed by atoms with E-state index < -0.39 is 0 Å². The molecule has 0 atom stereocenters. The first-order valence-corrected chi connectivity index (χ1v) is 10.2. The second-order valence-corrected chi connectivity index (χ2v) is 8.77. The minimum absolute atomic E-state index is 0.127. The highest BCUT2D eigenvalue weighted by molar-refractivity contribution is 7.22. The van der Waals surface area contributed by atoms with Crippen LogP contribution in [-0.2, 0) is 13.0 Å². The Balaban J connectivity index is 1.38. The first-order chi connectivity index (χ1) is 13.6. The van der Waals surface area contributed by atoms with Gasteiger partial charge >= 0.3 is 0 Å². The van der Waals surface area contributed by atoms with E-state index >= 15 is 0 Å². The highest BCUT2D eigenvalue weighted by Crippen LogP contribution is 2.38. The van der Waals surface area contributed by atoms with Gasteiger partial charge < -0.3 is 10.1 Å². The van der Waals surface area contributed by atoms with Crippen molar-refractivity contribution >= 4 is 26.7 Å². The van der Waals surface area contributed by atoms with Crippen LogP contribution in [0.3, 0.4) is 0 Å². The van der Waals surface area contributed by atoms with Crippen molar-refractivity contribution in [1.29, 1.82) is 0 Å². The predicted molar refractivity (Wildman–Crippen MR) is 115 cm³/mol. The van der Waals surface area contributed by atoms with E-state index in [0.717, 1.165) is 22.8 Å². The van der Waals surface area contributed by atoms with E-state index in [2.05, 4.69) is 60.5 Å². The molecule has 0 saturated carbocycles. The van der Waals surface area contributed by atoms with Crippen LogP contribution in [0.1, 0.15) is 25.0 Å². The molecule has 28 heavy (non-hydrogen) atoms. The maximum atomic E-state index is 6.18. The van der Waals surface area contributed by atoms with E-state index in [1.807, 2.05) is 24.5 Å². The van der Waals surface area contributed by atoms with Gasteiger partial charge in [-0.15, -0.1) is 0 Å². The molecular weight excluding hydrogens is 366 g/mol. The SMILES string of the molecule is CC1(C)Cc2cccc(CNc3nc4ccc(-c5ccncc5)cc4s3)c2O1. The van der Waals surface area contributed by atoms with Gasteiger partial charge in [-0.1, -0.05) is 35.6 Å². The summed E-state index contributed by atoms with van der Waals surface area (Å²) >= 11 is 1.68. The third-order valence-electron chi connectivity index (χ3n) is 5.00. The van der Waals surface area contributed by atoms with Crippen LogP contribution in [0.15, 0.2) is 60.9 Å². The number of para-hydroxylation sites is 1. The van der Waals surface area contributed by atoms with Gasteiger partial charge in [-0.25, -0.2) is 4.98 Å². The number of hydrogen-bond acceptors (Lipinski definition) is 5. The second-order valence-electron chi connectivity index (χ2n) is 7.73. The number of benzene rings is 2. The first kappa shape index (κ1) is 17.2. The number of aromatic nitrogens is 2. The quantitative estimate of drug-likeness (QED) is 0.489. The van der Waals surface area contributed by atoms with Crippen molar-refractivity contribution in [2.24, 2.45) is 0 Å². The third kappa shape index (κ3) is 3.22. The molecule has 2 aromatic carbocycles. The van der Waals surface area contributed by atoms with E-state index in [1.54, 1.807) is 11.3 Å². The number of rotatable bonds is 4. The highest BCUT2D eigenvalue weighted by atomic mass is 32.1. The summed E-state index contributed by atoms with van der Waals surface area (Å²) in [7, 11) is 0. The van der Waals surface area contributed by atoms with Crippen LogP contribution < -0.4 is 10.1 Å². The summed E-state index contributed by atoms with van der Waals surface area (Å²) in [5.41, 5.74) is 5.70. The molecular formula is C23H21N3OS. The van der Waals surface area contributed by atoms with Crippen LogP contribution in [0, 0.1) is 0 Å². The Morgan fingerprint density at radius 3 is 2.79 bits per heavy atom. The molecule has 0 unspecified atom stereocenters. The monoisotopic (exact) mass is 387 g/mol. The molecule has 0 bridgehead atoms. The number of nitrogens with one attached hydrogen (secondary N) is 1. The van der Waals surface area contributed by atoms with Crippen LogP contribution in [-0.4, -0.2) is 15.6 Å². The molecule has 140 valence electrons. The fraction of sp³-hybridized carbons (Fsp3) is 0.217. The van der Waals surface area contributed by atoms with Gasteiger partial charge in [0.15, 0.2) is 5.13 Å². The zero-order chi connectivity index (χ0) is 19.1. The Hall–Kier alpha value is -2.92. The Morgan fingerprint density at radius 1 is 1.07 bits per heavy atom. The van der Waals surface area contributed by atoms with Crippen molar-refractivity contribution in [3.8, 4) is 16.9 Å². The summed E-state index contributed by atoms with van der Waals surface area (Å²) < 4.78 is 7.35. The van der Waals surface area contributed by atoms with Gasteiger partial charge in [-0.3, -0.25) is 4.98 Å². The largest absolute Gasteiger partial charge is 0.487 e. The van der Waals surface area contributed by atoms with E-state index in [1.165, 1.54) is 27.0 Å². The number of anilines is 1. The van der Waals surface area contributed by atoms with Crippen LogP contribution in [0.2, 0.25) is 0 Å². The van der Waals surface area contributed by atoms with Crippen LogP contribution >= 0.6 is 11.3 Å².